The molecule has 13 nitrogen and oxygen atoms in total. The number of esters is 1. The minimum Gasteiger partial charge on any atom is -0.455 e. The summed E-state index contributed by atoms with van der Waals surface area (Å²) in [6.45, 7) is 10.9. The van der Waals surface area contributed by atoms with Crippen LogP contribution in [-0.4, -0.2) is 99.0 Å². The van der Waals surface area contributed by atoms with Gasteiger partial charge in [0.2, 0.25) is 0 Å². The molecule has 9 atom stereocenters. The minimum absolute atomic E-state index is 0.0392. The van der Waals surface area contributed by atoms with Gasteiger partial charge in [-0.15, -0.1) is 5.10 Å². The van der Waals surface area contributed by atoms with E-state index in [0.717, 1.165) is 6.92 Å². The number of alkyl halides is 1. The molecule has 1 amide bonds. The van der Waals surface area contributed by atoms with Crippen molar-refractivity contribution in [3.05, 3.63) is 24.5 Å². The van der Waals surface area contributed by atoms with E-state index in [2.05, 4.69) is 15.3 Å². The maximum absolute atomic E-state index is 16.1. The number of methoxy groups -OCH3 is 1. The first-order valence-electron chi connectivity index (χ1n) is 16.0. The van der Waals surface area contributed by atoms with E-state index in [1.54, 1.807) is 63.8 Å². The Balaban J connectivity index is 1.67. The number of ether oxygens (including phenoxy) is 3. The van der Waals surface area contributed by atoms with Gasteiger partial charge in [-0.05, 0) is 39.4 Å². The Morgan fingerprint density at radius 3 is 2.42 bits per heavy atom. The predicted octanol–water partition coefficient (Wildman–Crippen LogP) is 3.98. The molecule has 0 spiro atoms. The smallest absolute Gasteiger partial charge is 0.411 e. The average molecular weight is 687 g/mol. The molecule has 2 aromatic heterocycles. The third-order valence-corrected chi connectivity index (χ3v) is 10.7. The van der Waals surface area contributed by atoms with Crippen molar-refractivity contribution in [2.24, 2.45) is 17.8 Å². The summed E-state index contributed by atoms with van der Waals surface area (Å²) in [7, 11) is 7.89. The van der Waals surface area contributed by atoms with Gasteiger partial charge in [-0.25, -0.2) is 23.6 Å². The molecular formula is C32H44BFN6O7S. The standard InChI is InChI=1S/C32H44BFN6O7S/c1-9-21-32(7)25(40(29(44)47-32)13-11-10-12-39-16-20(37-38-39)27-36-15-22(35)48-27)18(3)23(41)17(2)14-30(5,45-8)24(33)19(4)26(42)31(6,34)28(43)46-21/h10-11,15-19,21,24-25H,9,12-14,35H2,1-8H3/b11-10+/t17-,18+,19-,21-,24-,25-,30-,31+,32-/m1/s1. The second-order valence-electron chi connectivity index (χ2n) is 13.3. The van der Waals surface area contributed by atoms with Crippen LogP contribution in [0.5, 0.6) is 0 Å². The molecule has 0 unspecified atom stereocenters. The first kappa shape index (κ1) is 37.2. The number of nitrogens with two attached hydrogens (primary N) is 1. The molecule has 0 bridgehead atoms. The molecular weight excluding hydrogens is 642 g/mol. The number of nitrogens with zero attached hydrogens (tertiary/aromatic N) is 5. The lowest BCUT2D eigenvalue weighted by atomic mass is 9.61. The fourth-order valence-corrected chi connectivity index (χ4v) is 7.57. The van der Waals surface area contributed by atoms with Gasteiger partial charge in [0.25, 0.3) is 5.67 Å². The monoisotopic (exact) mass is 686 g/mol. The van der Waals surface area contributed by atoms with Gasteiger partial charge in [0.05, 0.1) is 38.4 Å². The Bertz CT molecular complexity index is 1570. The van der Waals surface area contributed by atoms with E-state index in [0.29, 0.717) is 22.2 Å². The lowest BCUT2D eigenvalue weighted by molar-refractivity contribution is -0.180. The average Bonchev–Trinajstić information content (AvgIpc) is 3.76. The SMILES string of the molecule is [B][C@@H]1[C@@H](C)C(=O)[C@](C)(F)C(=O)O[C@H](CC)[C@@]2(C)OC(=O)N(C/C=C/Cn3cc(-c4ncc(N)s4)nn3)[C@@H]2[C@@H](C)C(=O)[C@H](C)C[C@@]1(C)OC. The van der Waals surface area contributed by atoms with E-state index in [9.17, 15) is 19.2 Å². The number of carbonyl (C=O) groups is 4. The summed E-state index contributed by atoms with van der Waals surface area (Å²) in [5, 5.41) is 9.43. The zero-order valence-corrected chi connectivity index (χ0v) is 29.5. The van der Waals surface area contributed by atoms with Crippen LogP contribution >= 0.6 is 11.3 Å². The highest BCUT2D eigenvalue weighted by Crippen LogP contribution is 2.44. The Morgan fingerprint density at radius 1 is 1.15 bits per heavy atom. The zero-order chi connectivity index (χ0) is 35.8. The fourth-order valence-electron chi connectivity index (χ4n) is 6.94. The molecule has 2 radical (unpaired) electrons. The number of nitrogen functional groups attached to an aromatic ring is 1. The van der Waals surface area contributed by atoms with Gasteiger partial charge >= 0.3 is 12.1 Å². The van der Waals surface area contributed by atoms with E-state index >= 15 is 4.39 Å². The van der Waals surface area contributed by atoms with Crippen molar-refractivity contribution in [2.75, 3.05) is 19.4 Å². The van der Waals surface area contributed by atoms with E-state index in [1.807, 2.05) is 0 Å². The molecule has 2 saturated heterocycles. The highest BCUT2D eigenvalue weighted by Gasteiger charge is 2.61. The Morgan fingerprint density at radius 2 is 1.81 bits per heavy atom. The van der Waals surface area contributed by atoms with Crippen LogP contribution in [0.4, 0.5) is 14.2 Å². The van der Waals surface area contributed by atoms with Gasteiger partial charge in [-0.1, -0.05) is 56.4 Å². The van der Waals surface area contributed by atoms with Crippen LogP contribution in [0.3, 0.4) is 0 Å². The number of allylic oxidation sites excluding steroid dienone is 1. The third-order valence-electron chi connectivity index (χ3n) is 9.86. The number of cyclic esters (lactones) is 1. The van der Waals surface area contributed by atoms with Crippen molar-refractivity contribution in [3.63, 3.8) is 0 Å². The number of aromatic nitrogens is 4. The van der Waals surface area contributed by atoms with Crippen LogP contribution in [0.1, 0.15) is 61.3 Å². The second-order valence-corrected chi connectivity index (χ2v) is 14.4. The molecule has 0 aromatic carbocycles. The normalized spacial score (nSPS) is 35.4. The van der Waals surface area contributed by atoms with Crippen molar-refractivity contribution >= 4 is 47.8 Å². The Labute approximate surface area is 285 Å². The van der Waals surface area contributed by atoms with E-state index < -0.39 is 70.4 Å². The van der Waals surface area contributed by atoms with Gasteiger partial charge in [0, 0.05) is 31.4 Å². The molecule has 16 heteroatoms. The number of hydrogen-bond acceptors (Lipinski definition) is 12. The van der Waals surface area contributed by atoms with E-state index in [-0.39, 0.29) is 25.2 Å². The minimum atomic E-state index is -3.05. The zero-order valence-electron chi connectivity index (χ0n) is 28.6. The van der Waals surface area contributed by atoms with Gasteiger partial charge in [0.15, 0.2) is 11.4 Å². The number of halogens is 1. The number of rotatable bonds is 7. The molecule has 0 saturated carbocycles. The van der Waals surface area contributed by atoms with Crippen LogP contribution in [-0.2, 0) is 35.1 Å². The van der Waals surface area contributed by atoms with Gasteiger partial charge in [-0.3, -0.25) is 14.5 Å². The first-order chi connectivity index (χ1) is 22.4. The summed E-state index contributed by atoms with van der Waals surface area (Å²) in [6.07, 6.45) is 5.05. The van der Waals surface area contributed by atoms with Gasteiger partial charge in [-0.2, -0.15) is 0 Å². The number of Topliss-reactive ketones (excluding diaryl/α,β-unsaturated/α-hetero) is 2. The van der Waals surface area contributed by atoms with Crippen LogP contribution in [0.25, 0.3) is 10.7 Å². The molecule has 4 rings (SSSR count). The van der Waals surface area contributed by atoms with E-state index in [4.69, 9.17) is 27.8 Å². The largest absolute Gasteiger partial charge is 0.455 e. The highest BCUT2D eigenvalue weighted by atomic mass is 32.1. The van der Waals surface area contributed by atoms with Crippen molar-refractivity contribution < 1.29 is 37.8 Å². The third kappa shape index (κ3) is 6.91. The molecule has 2 aliphatic heterocycles. The summed E-state index contributed by atoms with van der Waals surface area (Å²) >= 11 is 1.29. The highest BCUT2D eigenvalue weighted by molar-refractivity contribution is 7.18. The Kier molecular flexibility index (Phi) is 10.9. The summed E-state index contributed by atoms with van der Waals surface area (Å²) in [5.74, 6) is -6.40. The van der Waals surface area contributed by atoms with Crippen LogP contribution in [0, 0.1) is 17.8 Å². The molecule has 2 aliphatic rings. The predicted molar refractivity (Wildman–Crippen MR) is 177 cm³/mol. The van der Waals surface area contributed by atoms with Crippen molar-refractivity contribution in [2.45, 2.75) is 103 Å². The summed E-state index contributed by atoms with van der Waals surface area (Å²) in [5.41, 5.74) is 0.471. The van der Waals surface area contributed by atoms with Crippen molar-refractivity contribution in [3.8, 4) is 10.7 Å². The van der Waals surface area contributed by atoms with Crippen LogP contribution < -0.4 is 5.73 Å². The second kappa shape index (κ2) is 14.1. The quantitative estimate of drug-likeness (QED) is 0.194. The summed E-state index contributed by atoms with van der Waals surface area (Å²) < 4.78 is 35.0. The molecule has 4 heterocycles. The number of hydrogen-bond donors (Lipinski definition) is 1. The van der Waals surface area contributed by atoms with Gasteiger partial charge < -0.3 is 19.9 Å². The van der Waals surface area contributed by atoms with Crippen molar-refractivity contribution in [1.82, 2.24) is 24.9 Å². The number of carbonyl (C=O) groups excluding carboxylic acids is 4. The van der Waals surface area contributed by atoms with Crippen molar-refractivity contribution in [1.29, 1.82) is 0 Å². The fraction of sp³-hybridized carbons (Fsp3) is 0.656. The maximum Gasteiger partial charge on any atom is 0.411 e. The molecule has 260 valence electrons. The van der Waals surface area contributed by atoms with Crippen LogP contribution in [0.15, 0.2) is 24.5 Å². The topological polar surface area (TPSA) is 169 Å². The summed E-state index contributed by atoms with van der Waals surface area (Å²) in [6, 6.07) is -0.929. The Hall–Kier alpha value is -3.66. The maximum atomic E-state index is 16.1. The molecule has 2 aromatic rings. The number of ketones is 2. The van der Waals surface area contributed by atoms with Crippen LogP contribution in [0.2, 0.25) is 5.82 Å². The first-order valence-corrected chi connectivity index (χ1v) is 16.8. The molecule has 48 heavy (non-hydrogen) atoms. The van der Waals surface area contributed by atoms with Gasteiger partial charge in [0.1, 0.15) is 27.6 Å². The lowest BCUT2D eigenvalue weighted by Crippen LogP contribution is -2.59. The molecule has 2 fully saturated rings. The molecule has 2 N–H and O–H groups in total. The lowest BCUT2D eigenvalue weighted by Gasteiger charge is -2.43. The number of fused-ring (bicyclic) bond motifs is 1. The number of thiazole rings is 1. The molecule has 0 aliphatic carbocycles. The summed E-state index contributed by atoms with van der Waals surface area (Å²) in [4.78, 5) is 60.0. The van der Waals surface area contributed by atoms with E-state index in [1.165, 1.54) is 30.3 Å². The number of anilines is 1. The number of amides is 1.